The van der Waals surface area contributed by atoms with Gasteiger partial charge in [-0.25, -0.2) is 0 Å². The highest BCUT2D eigenvalue weighted by Gasteiger charge is 2.60. The van der Waals surface area contributed by atoms with Crippen LogP contribution in [0.4, 0.5) is 34.1 Å². The van der Waals surface area contributed by atoms with E-state index >= 15 is 0 Å². The van der Waals surface area contributed by atoms with Crippen LogP contribution < -0.4 is 24.8 Å². The van der Waals surface area contributed by atoms with Crippen LogP contribution in [-0.4, -0.2) is 6.71 Å². The van der Waals surface area contributed by atoms with E-state index in [9.17, 15) is 0 Å². The van der Waals surface area contributed by atoms with Crippen molar-refractivity contribution in [1.82, 2.24) is 0 Å². The van der Waals surface area contributed by atoms with E-state index < -0.39 is 10.8 Å². The Morgan fingerprint density at radius 2 is 0.699 bits per heavy atom. The minimum atomic E-state index is -0.474. The van der Waals surface area contributed by atoms with Gasteiger partial charge in [-0.3, -0.25) is 0 Å². The Kier molecular flexibility index (Phi) is 7.77. The SMILES string of the molecule is Cc1ccc(N2c3cc(C)cc4c3B(c3sc5c(c32)-c2ccccc2C52c3ccccc3-c3ccccc32)c2sc3c(c2N4c2ccc(C)cc2)-c2ccc(C)cc2C32c3ccccc3-c3ccccc32)cc1. The van der Waals surface area contributed by atoms with Crippen molar-refractivity contribution in [3.63, 3.8) is 0 Å². The van der Waals surface area contributed by atoms with Gasteiger partial charge in [0.1, 0.15) is 0 Å². The van der Waals surface area contributed by atoms with Crippen molar-refractivity contribution < 1.29 is 0 Å². The van der Waals surface area contributed by atoms with E-state index in [4.69, 9.17) is 0 Å². The highest BCUT2D eigenvalue weighted by Crippen LogP contribution is 2.69. The van der Waals surface area contributed by atoms with E-state index in [0.29, 0.717) is 0 Å². The van der Waals surface area contributed by atoms with Crippen molar-refractivity contribution in [2.45, 2.75) is 38.5 Å². The molecular formula is C68H45BN2S2. The Hall–Kier alpha value is -7.96. The van der Waals surface area contributed by atoms with Crippen LogP contribution in [0.1, 0.15) is 65.4 Å². The highest BCUT2D eigenvalue weighted by atomic mass is 32.1. The number of hydrogen-bond acceptors (Lipinski definition) is 4. The van der Waals surface area contributed by atoms with Gasteiger partial charge in [-0.05, 0) is 142 Å². The lowest BCUT2D eigenvalue weighted by Crippen LogP contribution is -2.59. The first-order valence-corrected chi connectivity index (χ1v) is 27.3. The standard InChI is InChI=1S/C68H45BN2S2/c1-38-25-30-42(31-26-38)70-56-36-41(4)37-57-60(56)69(65-61(70)58-48-19-9-14-24-54(48)67(63(58)72-65)50-20-10-5-15-44(50)45-16-6-11-21-51(45)67)66-62(71(57)43-32-27-39(2)28-33-43)59-49-34-29-40(3)35-55(49)68(64(59)73-66)52-22-12-7-17-46(52)47-18-8-13-23-53(47)68/h5-37H,1-4H3. The summed E-state index contributed by atoms with van der Waals surface area (Å²) in [6, 6.07) is 77.5. The van der Waals surface area contributed by atoms with Crippen molar-refractivity contribution in [2.75, 3.05) is 9.80 Å². The summed E-state index contributed by atoms with van der Waals surface area (Å²) < 4.78 is 2.85. The average Bonchev–Trinajstić information content (AvgIpc) is 4.42. The molecule has 0 radical (unpaired) electrons. The molecular weight excluding hydrogens is 920 g/mol. The van der Waals surface area contributed by atoms with Crippen molar-refractivity contribution in [3.8, 4) is 44.5 Å². The topological polar surface area (TPSA) is 6.48 Å². The molecule has 5 heteroatoms. The van der Waals surface area contributed by atoms with Gasteiger partial charge >= 0.3 is 0 Å². The Morgan fingerprint density at radius 1 is 0.342 bits per heavy atom. The minimum Gasteiger partial charge on any atom is -0.310 e. The molecule has 342 valence electrons. The number of aryl methyl sites for hydroxylation is 4. The molecule has 4 aliphatic carbocycles. The second kappa shape index (κ2) is 14.0. The van der Waals surface area contributed by atoms with Crippen molar-refractivity contribution >= 4 is 78.5 Å². The number of hydrogen-bond donors (Lipinski definition) is 0. The van der Waals surface area contributed by atoms with Crippen LogP contribution in [0.2, 0.25) is 0 Å². The molecule has 17 rings (SSSR count). The van der Waals surface area contributed by atoms with Gasteiger partial charge in [0.05, 0.1) is 22.2 Å². The van der Waals surface area contributed by atoms with E-state index in [1.165, 1.54) is 159 Å². The van der Waals surface area contributed by atoms with E-state index in [-0.39, 0.29) is 6.71 Å². The summed E-state index contributed by atoms with van der Waals surface area (Å²) in [7, 11) is 0. The molecule has 0 bridgehead atoms. The molecule has 2 nitrogen and oxygen atoms in total. The van der Waals surface area contributed by atoms with Gasteiger partial charge in [0.2, 0.25) is 0 Å². The molecule has 0 atom stereocenters. The maximum absolute atomic E-state index is 2.68. The number of fused-ring (bicyclic) bond motifs is 26. The number of thiophene rings is 2. The van der Waals surface area contributed by atoms with Gasteiger partial charge in [-0.1, -0.05) is 180 Å². The molecule has 0 amide bonds. The number of nitrogens with zero attached hydrogens (tertiary/aromatic N) is 2. The van der Waals surface area contributed by atoms with Crippen LogP contribution >= 0.6 is 22.7 Å². The molecule has 6 aliphatic rings. The Balaban J connectivity index is 1.05. The van der Waals surface area contributed by atoms with Gasteiger partial charge in [-0.15, -0.1) is 22.7 Å². The zero-order chi connectivity index (χ0) is 48.2. The third-order valence-corrected chi connectivity index (χ3v) is 20.2. The third-order valence-electron chi connectivity index (χ3n) is 17.5. The van der Waals surface area contributed by atoms with Gasteiger partial charge in [0.15, 0.2) is 0 Å². The summed E-state index contributed by atoms with van der Waals surface area (Å²) in [6.07, 6.45) is 0. The molecule has 0 unspecified atom stereocenters. The van der Waals surface area contributed by atoms with E-state index in [1.807, 2.05) is 0 Å². The lowest BCUT2D eigenvalue weighted by atomic mass is 9.39. The summed E-state index contributed by atoms with van der Waals surface area (Å²) in [5, 5.41) is 0. The van der Waals surface area contributed by atoms with E-state index in [1.54, 1.807) is 0 Å². The van der Waals surface area contributed by atoms with Gasteiger partial charge in [-0.2, -0.15) is 0 Å². The summed E-state index contributed by atoms with van der Waals surface area (Å²) in [5.41, 5.74) is 32.2. The summed E-state index contributed by atoms with van der Waals surface area (Å²) in [4.78, 5) is 8.23. The van der Waals surface area contributed by atoms with Crippen LogP contribution in [0.5, 0.6) is 0 Å². The van der Waals surface area contributed by atoms with Crippen LogP contribution in [0.3, 0.4) is 0 Å². The molecule has 0 saturated heterocycles. The fourth-order valence-electron chi connectivity index (χ4n) is 14.7. The molecule has 4 heterocycles. The van der Waals surface area contributed by atoms with E-state index in [2.05, 4.69) is 260 Å². The highest BCUT2D eigenvalue weighted by molar-refractivity contribution is 7.37. The first-order valence-electron chi connectivity index (χ1n) is 25.7. The molecule has 73 heavy (non-hydrogen) atoms. The normalized spacial score (nSPS) is 15.3. The summed E-state index contributed by atoms with van der Waals surface area (Å²) in [5.74, 6) is 0. The average molecular weight is 965 g/mol. The largest absolute Gasteiger partial charge is 0.310 e. The first kappa shape index (κ1) is 40.6. The summed E-state index contributed by atoms with van der Waals surface area (Å²) >= 11 is 4.18. The number of anilines is 6. The molecule has 0 saturated carbocycles. The minimum absolute atomic E-state index is 0.0286. The smallest absolute Gasteiger partial charge is 0.277 e. The quantitative estimate of drug-likeness (QED) is 0.159. The van der Waals surface area contributed by atoms with Crippen LogP contribution in [-0.2, 0) is 10.8 Å². The maximum atomic E-state index is 2.68. The maximum Gasteiger partial charge on any atom is 0.277 e. The molecule has 2 aromatic heterocycles. The van der Waals surface area contributed by atoms with E-state index in [0.717, 1.165) is 0 Å². The molecule has 0 N–H and O–H groups in total. The third kappa shape index (κ3) is 4.74. The fourth-order valence-corrected chi connectivity index (χ4v) is 18.1. The second-order valence-electron chi connectivity index (χ2n) is 21.3. The Morgan fingerprint density at radius 3 is 1.14 bits per heavy atom. The Bertz CT molecular complexity index is 4190. The first-order chi connectivity index (χ1) is 35.9. The lowest BCUT2D eigenvalue weighted by Gasteiger charge is -2.43. The predicted molar refractivity (Wildman–Crippen MR) is 308 cm³/mol. The van der Waals surface area contributed by atoms with Crippen LogP contribution in [0.15, 0.2) is 200 Å². The van der Waals surface area contributed by atoms with Gasteiger partial charge in [0.25, 0.3) is 6.71 Å². The number of rotatable bonds is 2. The second-order valence-corrected chi connectivity index (χ2v) is 23.4. The zero-order valence-corrected chi connectivity index (χ0v) is 42.5. The molecule has 2 aliphatic heterocycles. The van der Waals surface area contributed by atoms with Gasteiger partial charge in [0, 0.05) is 53.2 Å². The van der Waals surface area contributed by atoms with Crippen LogP contribution in [0, 0.1) is 27.7 Å². The summed E-state index contributed by atoms with van der Waals surface area (Å²) in [6.45, 7) is 8.96. The molecule has 11 aromatic rings. The predicted octanol–water partition coefficient (Wildman–Crippen LogP) is 15.8. The lowest BCUT2D eigenvalue weighted by molar-refractivity contribution is 0.810. The number of benzene rings is 9. The fraction of sp³-hybridized carbons (Fsp3) is 0.0882. The van der Waals surface area contributed by atoms with Crippen molar-refractivity contribution in [1.29, 1.82) is 0 Å². The monoisotopic (exact) mass is 964 g/mol. The molecule has 0 fully saturated rings. The van der Waals surface area contributed by atoms with Crippen molar-refractivity contribution in [2.24, 2.45) is 0 Å². The molecule has 2 spiro atoms. The zero-order valence-electron chi connectivity index (χ0n) is 40.8. The van der Waals surface area contributed by atoms with Crippen LogP contribution in [0.25, 0.3) is 44.5 Å². The van der Waals surface area contributed by atoms with Crippen molar-refractivity contribution in [3.05, 3.63) is 266 Å². The molecule has 9 aromatic carbocycles. The van der Waals surface area contributed by atoms with Gasteiger partial charge < -0.3 is 9.80 Å². The Labute approximate surface area is 434 Å².